The fourth-order valence-electron chi connectivity index (χ4n) is 2.38. The molecular weight excluding hydrogens is 408 g/mol. The van der Waals surface area contributed by atoms with Crippen molar-refractivity contribution in [3.8, 4) is 17.6 Å². The number of benzene rings is 2. The molecule has 2 aromatic carbocycles. The number of carbonyl (C=O) groups excluding carboxylic acids is 1. The average molecular weight is 423 g/mol. The summed E-state index contributed by atoms with van der Waals surface area (Å²) >= 11 is 5.87. The highest BCUT2D eigenvalue weighted by molar-refractivity contribution is 6.30. The molecule has 1 heterocycles. The highest BCUT2D eigenvalue weighted by Crippen LogP contribution is 2.23. The van der Waals surface area contributed by atoms with Gasteiger partial charge in [-0.15, -0.1) is 0 Å². The van der Waals surface area contributed by atoms with Gasteiger partial charge in [0.2, 0.25) is 18.2 Å². The number of nitriles is 1. The van der Waals surface area contributed by atoms with Crippen LogP contribution in [0.1, 0.15) is 11.4 Å². The highest BCUT2D eigenvalue weighted by Gasteiger charge is 2.11. The molecule has 0 aliphatic rings. The quantitative estimate of drug-likeness (QED) is 0.270. The SMILES string of the molecule is N#Cc1ncc(Oc2ccc(N=C(NO)N(C=O)Cc3ccc(Cl)cc3)cc2)cn1. The van der Waals surface area contributed by atoms with E-state index in [2.05, 4.69) is 15.0 Å². The molecule has 0 radical (unpaired) electrons. The third-order valence-electron chi connectivity index (χ3n) is 3.80. The van der Waals surface area contributed by atoms with Crippen LogP contribution in [0.5, 0.6) is 11.5 Å². The van der Waals surface area contributed by atoms with Gasteiger partial charge in [0.25, 0.3) is 0 Å². The minimum absolute atomic E-state index is 0.0471. The van der Waals surface area contributed by atoms with E-state index in [4.69, 9.17) is 21.6 Å². The molecule has 3 aromatic rings. The molecule has 0 aliphatic carbocycles. The van der Waals surface area contributed by atoms with Crippen molar-refractivity contribution in [2.75, 3.05) is 0 Å². The zero-order valence-corrected chi connectivity index (χ0v) is 16.2. The lowest BCUT2D eigenvalue weighted by molar-refractivity contribution is -0.115. The Hall–Kier alpha value is -4.00. The molecule has 30 heavy (non-hydrogen) atoms. The van der Waals surface area contributed by atoms with Crippen LogP contribution in [-0.4, -0.2) is 32.4 Å². The largest absolute Gasteiger partial charge is 0.454 e. The van der Waals surface area contributed by atoms with E-state index in [1.54, 1.807) is 48.5 Å². The van der Waals surface area contributed by atoms with E-state index in [0.29, 0.717) is 28.6 Å². The van der Waals surface area contributed by atoms with Crippen LogP contribution in [0.15, 0.2) is 65.9 Å². The summed E-state index contributed by atoms with van der Waals surface area (Å²) in [5, 5.41) is 18.7. The van der Waals surface area contributed by atoms with Crippen LogP contribution in [0, 0.1) is 11.3 Å². The van der Waals surface area contributed by atoms with Gasteiger partial charge in [-0.05, 0) is 42.0 Å². The molecule has 0 saturated heterocycles. The minimum atomic E-state index is -0.0471. The molecular formula is C20H15ClN6O3. The molecule has 2 N–H and O–H groups in total. The summed E-state index contributed by atoms with van der Waals surface area (Å²) in [6, 6.07) is 15.4. The van der Waals surface area contributed by atoms with Gasteiger partial charge in [-0.2, -0.15) is 5.26 Å². The maximum Gasteiger partial charge on any atom is 0.232 e. The lowest BCUT2D eigenvalue weighted by Crippen LogP contribution is -2.38. The molecule has 0 saturated carbocycles. The van der Waals surface area contributed by atoms with Gasteiger partial charge in [0, 0.05) is 5.02 Å². The van der Waals surface area contributed by atoms with Crippen LogP contribution in [-0.2, 0) is 11.3 Å². The van der Waals surface area contributed by atoms with Gasteiger partial charge >= 0.3 is 0 Å². The van der Waals surface area contributed by atoms with Crippen molar-refractivity contribution in [2.24, 2.45) is 4.99 Å². The van der Waals surface area contributed by atoms with Gasteiger partial charge in [-0.3, -0.25) is 14.9 Å². The Balaban J connectivity index is 1.71. The summed E-state index contributed by atoms with van der Waals surface area (Å²) in [7, 11) is 0. The fourth-order valence-corrected chi connectivity index (χ4v) is 2.50. The molecule has 0 bridgehead atoms. The Morgan fingerprint density at radius 1 is 1.17 bits per heavy atom. The van der Waals surface area contributed by atoms with E-state index in [0.717, 1.165) is 5.56 Å². The van der Waals surface area contributed by atoms with Crippen LogP contribution in [0.2, 0.25) is 5.02 Å². The number of guanidine groups is 1. The Kier molecular flexibility index (Phi) is 6.89. The maximum absolute atomic E-state index is 11.5. The van der Waals surface area contributed by atoms with Gasteiger partial charge in [0.1, 0.15) is 11.8 Å². The summed E-state index contributed by atoms with van der Waals surface area (Å²) in [6.45, 7) is 0.187. The highest BCUT2D eigenvalue weighted by atomic mass is 35.5. The lowest BCUT2D eigenvalue weighted by Gasteiger charge is -2.18. The predicted octanol–water partition coefficient (Wildman–Crippen LogP) is 3.42. The fraction of sp³-hybridized carbons (Fsp3) is 0.0500. The zero-order chi connectivity index (χ0) is 21.3. The number of halogens is 1. The van der Waals surface area contributed by atoms with E-state index in [1.807, 2.05) is 11.5 Å². The van der Waals surface area contributed by atoms with Gasteiger partial charge in [-0.25, -0.2) is 20.4 Å². The number of nitrogens with zero attached hydrogens (tertiary/aromatic N) is 5. The molecule has 1 aromatic heterocycles. The molecule has 0 spiro atoms. The van der Waals surface area contributed by atoms with Gasteiger partial charge in [0.05, 0.1) is 24.6 Å². The smallest absolute Gasteiger partial charge is 0.232 e. The van der Waals surface area contributed by atoms with Gasteiger partial charge < -0.3 is 4.74 Å². The number of carbonyl (C=O) groups is 1. The standard InChI is InChI=1S/C20H15ClN6O3/c21-15-3-1-14(2-4-15)12-27(13-28)20(26-29)25-16-5-7-17(8-6-16)30-18-10-23-19(9-22)24-11-18/h1-8,10-11,13,29H,12H2,(H,25,26). The predicted molar refractivity (Wildman–Crippen MR) is 108 cm³/mol. The van der Waals surface area contributed by atoms with Crippen molar-refractivity contribution < 1.29 is 14.7 Å². The molecule has 9 nitrogen and oxygen atoms in total. The van der Waals surface area contributed by atoms with E-state index < -0.39 is 0 Å². The third-order valence-corrected chi connectivity index (χ3v) is 4.05. The maximum atomic E-state index is 11.5. The number of ether oxygens (including phenoxy) is 1. The van der Waals surface area contributed by atoms with Crippen molar-refractivity contribution in [1.29, 1.82) is 5.26 Å². The van der Waals surface area contributed by atoms with E-state index in [9.17, 15) is 10.0 Å². The topological polar surface area (TPSA) is 124 Å². The number of hydroxylamine groups is 1. The monoisotopic (exact) mass is 422 g/mol. The molecule has 150 valence electrons. The number of nitrogens with one attached hydrogen (secondary N) is 1. The van der Waals surface area contributed by atoms with E-state index in [-0.39, 0.29) is 18.3 Å². The molecule has 0 aliphatic heterocycles. The summed E-state index contributed by atoms with van der Waals surface area (Å²) in [5.74, 6) is 0.871. The lowest BCUT2D eigenvalue weighted by atomic mass is 10.2. The summed E-state index contributed by atoms with van der Waals surface area (Å²) in [4.78, 5) is 24.6. The second-order valence-electron chi connectivity index (χ2n) is 5.86. The first-order chi connectivity index (χ1) is 14.6. The van der Waals surface area contributed by atoms with Crippen molar-refractivity contribution >= 4 is 29.7 Å². The van der Waals surface area contributed by atoms with Crippen LogP contribution in [0.3, 0.4) is 0 Å². The number of hydrogen-bond acceptors (Lipinski definition) is 7. The second-order valence-corrected chi connectivity index (χ2v) is 6.29. The van der Waals surface area contributed by atoms with Crippen LogP contribution in [0.25, 0.3) is 0 Å². The molecule has 0 unspecified atom stereocenters. The van der Waals surface area contributed by atoms with Crippen molar-refractivity contribution in [3.05, 3.63) is 77.3 Å². The summed E-state index contributed by atoms with van der Waals surface area (Å²) in [6.07, 6.45) is 3.34. The van der Waals surface area contributed by atoms with E-state index in [1.165, 1.54) is 17.3 Å². The normalized spacial score (nSPS) is 10.8. The number of rotatable bonds is 6. The van der Waals surface area contributed by atoms with Crippen molar-refractivity contribution in [1.82, 2.24) is 20.3 Å². The first kappa shape index (κ1) is 20.7. The number of amides is 1. The molecule has 0 atom stereocenters. The Morgan fingerprint density at radius 2 is 1.83 bits per heavy atom. The summed E-state index contributed by atoms with van der Waals surface area (Å²) in [5.41, 5.74) is 3.22. The first-order valence-corrected chi connectivity index (χ1v) is 8.94. The molecule has 10 heteroatoms. The van der Waals surface area contributed by atoms with Gasteiger partial charge in [-0.1, -0.05) is 23.7 Å². The second kappa shape index (κ2) is 9.97. The Labute approximate surface area is 176 Å². The zero-order valence-electron chi connectivity index (χ0n) is 15.4. The third kappa shape index (κ3) is 5.51. The molecule has 0 fully saturated rings. The van der Waals surface area contributed by atoms with Gasteiger partial charge in [0.15, 0.2) is 5.75 Å². The van der Waals surface area contributed by atoms with Crippen LogP contribution >= 0.6 is 11.6 Å². The van der Waals surface area contributed by atoms with Crippen molar-refractivity contribution in [2.45, 2.75) is 6.54 Å². The van der Waals surface area contributed by atoms with E-state index >= 15 is 0 Å². The minimum Gasteiger partial charge on any atom is -0.454 e. The summed E-state index contributed by atoms with van der Waals surface area (Å²) < 4.78 is 5.60. The first-order valence-electron chi connectivity index (χ1n) is 8.56. The molecule has 1 amide bonds. The van der Waals surface area contributed by atoms with Crippen molar-refractivity contribution in [3.63, 3.8) is 0 Å². The Morgan fingerprint density at radius 3 is 2.40 bits per heavy atom. The number of aliphatic imine (C=N–C) groups is 1. The number of aromatic nitrogens is 2. The Bertz CT molecular complexity index is 1060. The van der Waals surface area contributed by atoms with Crippen LogP contribution in [0.4, 0.5) is 5.69 Å². The number of hydrogen-bond donors (Lipinski definition) is 2. The molecule has 3 rings (SSSR count). The average Bonchev–Trinajstić information content (AvgIpc) is 2.79. The van der Waals surface area contributed by atoms with Crippen LogP contribution < -0.4 is 10.2 Å².